The molecule has 13 heavy (non-hydrogen) atoms. The molecule has 0 bridgehead atoms. The molecule has 0 aromatic rings. The molecule has 1 heterocycles. The second-order valence-electron chi connectivity index (χ2n) is 3.37. The van der Waals surface area contributed by atoms with E-state index in [1.807, 2.05) is 0 Å². The van der Waals surface area contributed by atoms with E-state index in [2.05, 4.69) is 5.32 Å². The third kappa shape index (κ3) is 5.16. The van der Waals surface area contributed by atoms with Gasteiger partial charge in [0.25, 0.3) is 6.43 Å². The summed E-state index contributed by atoms with van der Waals surface area (Å²) in [5, 5.41) is 2.70. The van der Waals surface area contributed by atoms with Crippen molar-refractivity contribution in [1.29, 1.82) is 0 Å². The summed E-state index contributed by atoms with van der Waals surface area (Å²) in [5.74, 6) is 0. The van der Waals surface area contributed by atoms with Crippen molar-refractivity contribution < 1.29 is 13.5 Å². The summed E-state index contributed by atoms with van der Waals surface area (Å²) < 4.78 is 28.8. The van der Waals surface area contributed by atoms with Crippen molar-refractivity contribution in [2.75, 3.05) is 19.7 Å². The van der Waals surface area contributed by atoms with Gasteiger partial charge in [0.15, 0.2) is 0 Å². The van der Waals surface area contributed by atoms with Gasteiger partial charge in [0.2, 0.25) is 0 Å². The predicted molar refractivity (Wildman–Crippen MR) is 47.1 cm³/mol. The van der Waals surface area contributed by atoms with E-state index in [9.17, 15) is 8.78 Å². The van der Waals surface area contributed by atoms with E-state index in [0.717, 1.165) is 32.3 Å². The van der Waals surface area contributed by atoms with E-state index in [-0.39, 0.29) is 6.54 Å². The smallest absolute Gasteiger partial charge is 0.250 e. The van der Waals surface area contributed by atoms with Crippen LogP contribution in [0.4, 0.5) is 8.78 Å². The van der Waals surface area contributed by atoms with Gasteiger partial charge < -0.3 is 10.1 Å². The Kier molecular flexibility index (Phi) is 5.23. The first-order valence-corrected chi connectivity index (χ1v) is 4.89. The van der Waals surface area contributed by atoms with Crippen LogP contribution in [0, 0.1) is 0 Å². The molecule has 0 saturated carbocycles. The van der Waals surface area contributed by atoms with Gasteiger partial charge in [0.05, 0.1) is 12.6 Å². The molecular formula is C9H17F2NO. The van der Waals surface area contributed by atoms with Gasteiger partial charge in [-0.3, -0.25) is 0 Å². The molecule has 0 aromatic carbocycles. The van der Waals surface area contributed by atoms with Crippen LogP contribution in [0.1, 0.15) is 25.7 Å². The fraction of sp³-hybridized carbons (Fsp3) is 1.00. The average Bonchev–Trinajstić information content (AvgIpc) is 2.55. The van der Waals surface area contributed by atoms with Gasteiger partial charge in [-0.15, -0.1) is 0 Å². The monoisotopic (exact) mass is 193 g/mol. The van der Waals surface area contributed by atoms with E-state index in [1.54, 1.807) is 0 Å². The summed E-state index contributed by atoms with van der Waals surface area (Å²) in [6.07, 6.45) is 2.36. The Morgan fingerprint density at radius 1 is 1.46 bits per heavy atom. The van der Waals surface area contributed by atoms with Gasteiger partial charge in [-0.2, -0.15) is 0 Å². The van der Waals surface area contributed by atoms with Crippen LogP contribution in [0.15, 0.2) is 0 Å². The van der Waals surface area contributed by atoms with Crippen LogP contribution in [-0.4, -0.2) is 32.2 Å². The van der Waals surface area contributed by atoms with E-state index < -0.39 is 6.43 Å². The lowest BCUT2D eigenvalue weighted by atomic mass is 10.1. The van der Waals surface area contributed by atoms with Gasteiger partial charge in [0.1, 0.15) is 0 Å². The fourth-order valence-corrected chi connectivity index (χ4v) is 1.54. The number of hydrogen-bond acceptors (Lipinski definition) is 2. The normalized spacial score (nSPS) is 22.8. The quantitative estimate of drug-likeness (QED) is 0.649. The highest BCUT2D eigenvalue weighted by atomic mass is 19.3. The number of halogens is 2. The first-order valence-electron chi connectivity index (χ1n) is 4.89. The molecule has 1 atom stereocenters. The predicted octanol–water partition coefficient (Wildman–Crippen LogP) is 1.80. The maximum absolute atomic E-state index is 11.7. The Balaban J connectivity index is 1.83. The van der Waals surface area contributed by atoms with Gasteiger partial charge in [-0.05, 0) is 32.2 Å². The molecule has 78 valence electrons. The Morgan fingerprint density at radius 2 is 2.31 bits per heavy atom. The third-order valence-corrected chi connectivity index (χ3v) is 2.20. The second-order valence-corrected chi connectivity index (χ2v) is 3.37. The molecule has 4 heteroatoms. The van der Waals surface area contributed by atoms with Gasteiger partial charge in [-0.1, -0.05) is 0 Å². The standard InChI is InChI=1S/C9H17F2NO/c10-9(11)7-12-5-1-3-8-4-2-6-13-8/h8-9,12H,1-7H2. The van der Waals surface area contributed by atoms with E-state index in [4.69, 9.17) is 4.74 Å². The van der Waals surface area contributed by atoms with Crippen LogP contribution in [-0.2, 0) is 4.74 Å². The molecule has 0 amide bonds. The average molecular weight is 193 g/mol. The molecule has 0 radical (unpaired) electrons. The minimum Gasteiger partial charge on any atom is -0.378 e. The molecule has 0 aromatic heterocycles. The van der Waals surface area contributed by atoms with Crippen LogP contribution in [0.2, 0.25) is 0 Å². The minimum absolute atomic E-state index is 0.189. The summed E-state index contributed by atoms with van der Waals surface area (Å²) >= 11 is 0. The molecule has 1 aliphatic rings. The van der Waals surface area contributed by atoms with Crippen LogP contribution in [0.5, 0.6) is 0 Å². The van der Waals surface area contributed by atoms with Crippen molar-refractivity contribution in [2.24, 2.45) is 0 Å². The SMILES string of the molecule is FC(F)CNCCCC1CCCO1. The molecule has 0 aliphatic carbocycles. The molecule has 1 aliphatic heterocycles. The first kappa shape index (κ1) is 10.9. The topological polar surface area (TPSA) is 21.3 Å². The minimum atomic E-state index is -2.23. The lowest BCUT2D eigenvalue weighted by Gasteiger charge is -2.08. The van der Waals surface area contributed by atoms with Crippen molar-refractivity contribution in [1.82, 2.24) is 5.32 Å². The molecule has 1 rings (SSSR count). The molecular weight excluding hydrogens is 176 g/mol. The van der Waals surface area contributed by atoms with Crippen molar-refractivity contribution >= 4 is 0 Å². The third-order valence-electron chi connectivity index (χ3n) is 2.20. The lowest BCUT2D eigenvalue weighted by molar-refractivity contribution is 0.101. The van der Waals surface area contributed by atoms with Crippen LogP contribution in [0.3, 0.4) is 0 Å². The van der Waals surface area contributed by atoms with Gasteiger partial charge in [0, 0.05) is 6.61 Å². The molecule has 0 spiro atoms. The van der Waals surface area contributed by atoms with E-state index in [0.29, 0.717) is 12.6 Å². The summed E-state index contributed by atoms with van der Waals surface area (Å²) in [5.41, 5.74) is 0. The molecule has 1 saturated heterocycles. The van der Waals surface area contributed by atoms with Crippen LogP contribution in [0.25, 0.3) is 0 Å². The maximum Gasteiger partial charge on any atom is 0.250 e. The van der Waals surface area contributed by atoms with Crippen molar-refractivity contribution in [3.8, 4) is 0 Å². The summed E-state index contributed by atoms with van der Waals surface area (Å²) in [6.45, 7) is 1.35. The number of nitrogens with one attached hydrogen (secondary N) is 1. The molecule has 2 nitrogen and oxygen atoms in total. The largest absolute Gasteiger partial charge is 0.378 e. The highest BCUT2D eigenvalue weighted by Gasteiger charge is 2.14. The second kappa shape index (κ2) is 6.27. The zero-order chi connectivity index (χ0) is 9.52. The number of alkyl halides is 2. The van der Waals surface area contributed by atoms with Crippen molar-refractivity contribution in [2.45, 2.75) is 38.2 Å². The zero-order valence-electron chi connectivity index (χ0n) is 7.77. The van der Waals surface area contributed by atoms with Crippen LogP contribution >= 0.6 is 0 Å². The zero-order valence-corrected chi connectivity index (χ0v) is 7.77. The Morgan fingerprint density at radius 3 is 2.92 bits per heavy atom. The summed E-state index contributed by atoms with van der Waals surface area (Å²) in [7, 11) is 0. The van der Waals surface area contributed by atoms with E-state index in [1.165, 1.54) is 0 Å². The summed E-state index contributed by atoms with van der Waals surface area (Å²) in [6, 6.07) is 0. The number of hydrogen-bond donors (Lipinski definition) is 1. The lowest BCUT2D eigenvalue weighted by Crippen LogP contribution is -2.23. The Hall–Kier alpha value is -0.220. The maximum atomic E-state index is 11.7. The first-order chi connectivity index (χ1) is 6.29. The Labute approximate surface area is 77.6 Å². The summed E-state index contributed by atoms with van der Waals surface area (Å²) in [4.78, 5) is 0. The van der Waals surface area contributed by atoms with Crippen molar-refractivity contribution in [3.05, 3.63) is 0 Å². The highest BCUT2D eigenvalue weighted by molar-refractivity contribution is 4.65. The fourth-order valence-electron chi connectivity index (χ4n) is 1.54. The highest BCUT2D eigenvalue weighted by Crippen LogP contribution is 2.16. The molecule has 1 fully saturated rings. The molecule has 1 unspecified atom stereocenters. The number of ether oxygens (including phenoxy) is 1. The van der Waals surface area contributed by atoms with E-state index >= 15 is 0 Å². The number of rotatable bonds is 6. The van der Waals surface area contributed by atoms with Crippen LogP contribution < -0.4 is 5.32 Å². The Bertz CT molecular complexity index is 127. The molecule has 1 N–H and O–H groups in total. The van der Waals surface area contributed by atoms with Crippen molar-refractivity contribution in [3.63, 3.8) is 0 Å². The van der Waals surface area contributed by atoms with Gasteiger partial charge >= 0.3 is 0 Å². The van der Waals surface area contributed by atoms with Gasteiger partial charge in [-0.25, -0.2) is 8.78 Å².